The highest BCUT2D eigenvalue weighted by Crippen LogP contribution is 2.22. The van der Waals surface area contributed by atoms with E-state index in [4.69, 9.17) is 0 Å². The Balaban J connectivity index is 2.09. The van der Waals surface area contributed by atoms with Crippen LogP contribution in [0, 0.1) is 5.92 Å². The standard InChI is InChI=1S/C14H16N4/c1-10(2)8-18-9-15-13-4-3-11(7-14(13)18)12-5-6-16-17-12/h3-7,9-10H,8H2,1-2H3,(H,16,17). The number of imidazole rings is 1. The molecular weight excluding hydrogens is 224 g/mol. The summed E-state index contributed by atoms with van der Waals surface area (Å²) in [6, 6.07) is 8.27. The maximum atomic E-state index is 4.43. The summed E-state index contributed by atoms with van der Waals surface area (Å²) in [5, 5.41) is 6.98. The van der Waals surface area contributed by atoms with Crippen molar-refractivity contribution in [2.75, 3.05) is 0 Å². The van der Waals surface area contributed by atoms with Gasteiger partial charge < -0.3 is 4.57 Å². The van der Waals surface area contributed by atoms with Gasteiger partial charge in [0.05, 0.1) is 23.1 Å². The highest BCUT2D eigenvalue weighted by Gasteiger charge is 2.06. The Labute approximate surface area is 106 Å². The summed E-state index contributed by atoms with van der Waals surface area (Å²) in [4.78, 5) is 4.43. The Morgan fingerprint density at radius 2 is 2.17 bits per heavy atom. The monoisotopic (exact) mass is 240 g/mol. The zero-order valence-corrected chi connectivity index (χ0v) is 10.6. The summed E-state index contributed by atoms with van der Waals surface area (Å²) in [5.41, 5.74) is 4.40. The predicted molar refractivity (Wildman–Crippen MR) is 72.2 cm³/mol. The van der Waals surface area contributed by atoms with Crippen LogP contribution in [0.2, 0.25) is 0 Å². The normalized spacial score (nSPS) is 11.5. The Morgan fingerprint density at radius 1 is 1.28 bits per heavy atom. The van der Waals surface area contributed by atoms with E-state index in [1.54, 1.807) is 6.20 Å². The van der Waals surface area contributed by atoms with Crippen molar-refractivity contribution < 1.29 is 0 Å². The van der Waals surface area contributed by atoms with Crippen LogP contribution in [-0.2, 0) is 6.54 Å². The van der Waals surface area contributed by atoms with Gasteiger partial charge in [-0.3, -0.25) is 5.10 Å². The number of fused-ring (bicyclic) bond motifs is 1. The van der Waals surface area contributed by atoms with Crippen molar-refractivity contribution in [3.05, 3.63) is 36.8 Å². The second kappa shape index (κ2) is 4.29. The Kier molecular flexibility index (Phi) is 2.63. The van der Waals surface area contributed by atoms with Crippen LogP contribution in [0.5, 0.6) is 0 Å². The van der Waals surface area contributed by atoms with Gasteiger partial charge in [0.25, 0.3) is 0 Å². The Bertz CT molecular complexity index is 650. The fourth-order valence-corrected chi connectivity index (χ4v) is 2.18. The van der Waals surface area contributed by atoms with E-state index in [-0.39, 0.29) is 0 Å². The highest BCUT2D eigenvalue weighted by atomic mass is 15.1. The third kappa shape index (κ3) is 1.90. The van der Waals surface area contributed by atoms with Crippen LogP contribution < -0.4 is 0 Å². The maximum Gasteiger partial charge on any atom is 0.0958 e. The molecule has 0 aliphatic heterocycles. The minimum absolute atomic E-state index is 0.609. The fourth-order valence-electron chi connectivity index (χ4n) is 2.18. The van der Waals surface area contributed by atoms with Gasteiger partial charge in [-0.2, -0.15) is 5.10 Å². The lowest BCUT2D eigenvalue weighted by molar-refractivity contribution is 0.533. The lowest BCUT2D eigenvalue weighted by Gasteiger charge is -2.07. The van der Waals surface area contributed by atoms with E-state index >= 15 is 0 Å². The zero-order chi connectivity index (χ0) is 12.5. The van der Waals surface area contributed by atoms with Crippen LogP contribution in [0.15, 0.2) is 36.8 Å². The fraction of sp³-hybridized carbons (Fsp3) is 0.286. The predicted octanol–water partition coefficient (Wildman–Crippen LogP) is 3.08. The first-order valence-electron chi connectivity index (χ1n) is 6.18. The minimum atomic E-state index is 0.609. The molecule has 3 aromatic rings. The molecule has 0 aliphatic rings. The topological polar surface area (TPSA) is 46.5 Å². The molecule has 2 heterocycles. The number of rotatable bonds is 3. The number of H-pyrrole nitrogens is 1. The number of benzene rings is 1. The van der Waals surface area contributed by atoms with E-state index in [9.17, 15) is 0 Å². The molecule has 2 aromatic heterocycles. The average Bonchev–Trinajstić information content (AvgIpc) is 2.98. The SMILES string of the molecule is CC(C)Cn1cnc2ccc(-c3ccn[nH]3)cc21. The summed E-state index contributed by atoms with van der Waals surface area (Å²) in [5.74, 6) is 0.609. The van der Waals surface area contributed by atoms with Crippen molar-refractivity contribution in [3.63, 3.8) is 0 Å². The van der Waals surface area contributed by atoms with Gasteiger partial charge in [-0.15, -0.1) is 0 Å². The summed E-state index contributed by atoms with van der Waals surface area (Å²) in [6.07, 6.45) is 3.69. The molecule has 0 fully saturated rings. The van der Waals surface area contributed by atoms with Crippen LogP contribution in [0.25, 0.3) is 22.3 Å². The van der Waals surface area contributed by atoms with Gasteiger partial charge >= 0.3 is 0 Å². The van der Waals surface area contributed by atoms with E-state index in [0.717, 1.165) is 23.3 Å². The summed E-state index contributed by atoms with van der Waals surface area (Å²) in [7, 11) is 0. The lowest BCUT2D eigenvalue weighted by Crippen LogP contribution is -2.02. The average molecular weight is 240 g/mol. The Hall–Kier alpha value is -2.10. The molecule has 0 saturated carbocycles. The molecule has 18 heavy (non-hydrogen) atoms. The van der Waals surface area contributed by atoms with Crippen molar-refractivity contribution in [3.8, 4) is 11.3 Å². The number of nitrogens with zero attached hydrogens (tertiary/aromatic N) is 3. The number of hydrogen-bond donors (Lipinski definition) is 1. The van der Waals surface area contributed by atoms with Crippen LogP contribution >= 0.6 is 0 Å². The number of aromatic nitrogens is 4. The van der Waals surface area contributed by atoms with Crippen LogP contribution in [0.4, 0.5) is 0 Å². The van der Waals surface area contributed by atoms with Gasteiger partial charge in [0.1, 0.15) is 0 Å². The van der Waals surface area contributed by atoms with E-state index in [0.29, 0.717) is 5.92 Å². The van der Waals surface area contributed by atoms with Crippen LogP contribution in [0.1, 0.15) is 13.8 Å². The van der Waals surface area contributed by atoms with E-state index < -0.39 is 0 Å². The molecular formula is C14H16N4. The summed E-state index contributed by atoms with van der Waals surface area (Å²) in [6.45, 7) is 5.41. The zero-order valence-electron chi connectivity index (χ0n) is 10.6. The molecule has 0 spiro atoms. The molecule has 0 aliphatic carbocycles. The first-order valence-corrected chi connectivity index (χ1v) is 6.18. The van der Waals surface area contributed by atoms with E-state index in [1.165, 1.54) is 5.52 Å². The Morgan fingerprint density at radius 3 is 2.89 bits per heavy atom. The first-order chi connectivity index (χ1) is 8.74. The van der Waals surface area contributed by atoms with E-state index in [2.05, 4.69) is 51.8 Å². The third-order valence-electron chi connectivity index (χ3n) is 2.99. The molecule has 0 bridgehead atoms. The van der Waals surface area contributed by atoms with Crippen molar-refractivity contribution in [1.82, 2.24) is 19.7 Å². The molecule has 3 rings (SSSR count). The second-order valence-corrected chi connectivity index (χ2v) is 4.96. The minimum Gasteiger partial charge on any atom is -0.330 e. The molecule has 4 nitrogen and oxygen atoms in total. The molecule has 0 amide bonds. The van der Waals surface area contributed by atoms with Crippen LogP contribution in [-0.4, -0.2) is 19.7 Å². The van der Waals surface area contributed by atoms with Gasteiger partial charge in [-0.25, -0.2) is 4.98 Å². The second-order valence-electron chi connectivity index (χ2n) is 4.96. The quantitative estimate of drug-likeness (QED) is 0.764. The van der Waals surface area contributed by atoms with Crippen molar-refractivity contribution in [1.29, 1.82) is 0 Å². The summed E-state index contributed by atoms with van der Waals surface area (Å²) >= 11 is 0. The molecule has 1 N–H and O–H groups in total. The van der Waals surface area contributed by atoms with Gasteiger partial charge in [0, 0.05) is 18.3 Å². The molecule has 0 atom stereocenters. The van der Waals surface area contributed by atoms with Crippen LogP contribution in [0.3, 0.4) is 0 Å². The van der Waals surface area contributed by atoms with Crippen molar-refractivity contribution >= 4 is 11.0 Å². The van der Waals surface area contributed by atoms with Gasteiger partial charge in [-0.1, -0.05) is 19.9 Å². The highest BCUT2D eigenvalue weighted by molar-refractivity contribution is 5.81. The summed E-state index contributed by atoms with van der Waals surface area (Å²) < 4.78 is 2.21. The number of nitrogens with one attached hydrogen (secondary N) is 1. The van der Waals surface area contributed by atoms with Gasteiger partial charge in [0.15, 0.2) is 0 Å². The molecule has 92 valence electrons. The third-order valence-corrected chi connectivity index (χ3v) is 2.99. The molecule has 4 heteroatoms. The first kappa shape index (κ1) is 11.0. The lowest BCUT2D eigenvalue weighted by atomic mass is 10.1. The van der Waals surface area contributed by atoms with Crippen molar-refractivity contribution in [2.24, 2.45) is 5.92 Å². The van der Waals surface area contributed by atoms with Crippen molar-refractivity contribution in [2.45, 2.75) is 20.4 Å². The molecule has 0 saturated heterocycles. The maximum absolute atomic E-state index is 4.43. The molecule has 0 radical (unpaired) electrons. The smallest absolute Gasteiger partial charge is 0.0958 e. The molecule has 0 unspecified atom stereocenters. The van der Waals surface area contributed by atoms with E-state index in [1.807, 2.05) is 12.4 Å². The number of aromatic amines is 1. The van der Waals surface area contributed by atoms with Gasteiger partial charge in [-0.05, 0) is 24.1 Å². The largest absolute Gasteiger partial charge is 0.330 e. The van der Waals surface area contributed by atoms with Gasteiger partial charge in [0.2, 0.25) is 0 Å². The number of hydrogen-bond acceptors (Lipinski definition) is 2. The molecule has 1 aromatic carbocycles.